The first-order chi connectivity index (χ1) is 12.0. The number of amides is 3. The zero-order chi connectivity index (χ0) is 19.9. The predicted octanol–water partition coefficient (Wildman–Crippen LogP) is 2.53. The van der Waals surface area contributed by atoms with Crippen molar-refractivity contribution in [3.8, 4) is 5.75 Å². The molecule has 1 aromatic rings. The Morgan fingerprint density at radius 3 is 2.12 bits per heavy atom. The van der Waals surface area contributed by atoms with Gasteiger partial charge < -0.3 is 14.8 Å². The number of hydrogen-bond donors (Lipinski definition) is 2. The summed E-state index contributed by atoms with van der Waals surface area (Å²) in [6.45, 7) is 10.8. The third kappa shape index (κ3) is 7.55. The number of carbonyl (C=O) groups is 3. The summed E-state index contributed by atoms with van der Waals surface area (Å²) >= 11 is 0. The Balaban J connectivity index is 2.45. The lowest BCUT2D eigenvalue weighted by Gasteiger charge is -2.20. The van der Waals surface area contributed by atoms with Crippen LogP contribution < -0.4 is 15.4 Å². The molecule has 0 unspecified atom stereocenters. The van der Waals surface area contributed by atoms with Crippen molar-refractivity contribution in [3.05, 3.63) is 29.8 Å². The van der Waals surface area contributed by atoms with Crippen molar-refractivity contribution in [3.63, 3.8) is 0 Å². The molecule has 3 amide bonds. The highest BCUT2D eigenvalue weighted by atomic mass is 16.6. The summed E-state index contributed by atoms with van der Waals surface area (Å²) < 4.78 is 10.4. The van der Waals surface area contributed by atoms with E-state index in [-0.39, 0.29) is 11.5 Å². The molecule has 0 aliphatic rings. The van der Waals surface area contributed by atoms with Gasteiger partial charge in [0, 0.05) is 6.04 Å². The molecule has 0 saturated heterocycles. The van der Waals surface area contributed by atoms with E-state index < -0.39 is 30.6 Å². The molecule has 1 rings (SSSR count). The van der Waals surface area contributed by atoms with Crippen molar-refractivity contribution in [1.29, 1.82) is 0 Å². The standard InChI is InChI=1S/C19H28N2O5/c1-12(2)20-18(24)21-16(22)11-25-17(23)13(3)26-15-9-7-14(8-10-15)19(4,5)6/h7-10,12-13H,11H2,1-6H3,(H2,20,21,22,24)/t13-/m1/s1. The van der Waals surface area contributed by atoms with Crippen LogP contribution in [0.5, 0.6) is 5.75 Å². The highest BCUT2D eigenvalue weighted by Gasteiger charge is 2.19. The van der Waals surface area contributed by atoms with Crippen molar-refractivity contribution in [1.82, 2.24) is 10.6 Å². The molecule has 7 nitrogen and oxygen atoms in total. The van der Waals surface area contributed by atoms with Crippen LogP contribution >= 0.6 is 0 Å². The van der Waals surface area contributed by atoms with E-state index in [1.807, 2.05) is 12.1 Å². The summed E-state index contributed by atoms with van der Waals surface area (Å²) in [7, 11) is 0. The lowest BCUT2D eigenvalue weighted by atomic mass is 9.87. The molecule has 1 atom stereocenters. The first kappa shape index (κ1) is 21.5. The van der Waals surface area contributed by atoms with Gasteiger partial charge in [0.25, 0.3) is 5.91 Å². The van der Waals surface area contributed by atoms with E-state index in [1.54, 1.807) is 26.0 Å². The van der Waals surface area contributed by atoms with Gasteiger partial charge in [-0.25, -0.2) is 9.59 Å². The molecular weight excluding hydrogens is 336 g/mol. The second-order valence-corrected chi connectivity index (χ2v) is 7.32. The Labute approximate surface area is 154 Å². The van der Waals surface area contributed by atoms with Gasteiger partial charge in [0.15, 0.2) is 12.7 Å². The molecule has 0 fully saturated rings. The highest BCUT2D eigenvalue weighted by Crippen LogP contribution is 2.24. The smallest absolute Gasteiger partial charge is 0.347 e. The van der Waals surface area contributed by atoms with Crippen LogP contribution in [0.3, 0.4) is 0 Å². The number of nitrogens with one attached hydrogen (secondary N) is 2. The average Bonchev–Trinajstić information content (AvgIpc) is 2.51. The van der Waals surface area contributed by atoms with Gasteiger partial charge in [0.05, 0.1) is 0 Å². The minimum absolute atomic E-state index is 0.0261. The maximum atomic E-state index is 11.9. The topological polar surface area (TPSA) is 93.7 Å². The number of urea groups is 1. The van der Waals surface area contributed by atoms with Crippen molar-refractivity contribution in [2.75, 3.05) is 6.61 Å². The second-order valence-electron chi connectivity index (χ2n) is 7.32. The summed E-state index contributed by atoms with van der Waals surface area (Å²) in [6, 6.07) is 6.70. The molecule has 0 radical (unpaired) electrons. The highest BCUT2D eigenvalue weighted by molar-refractivity contribution is 5.95. The van der Waals surface area contributed by atoms with Crippen LogP contribution in [0.25, 0.3) is 0 Å². The summed E-state index contributed by atoms with van der Waals surface area (Å²) in [5, 5.41) is 4.56. The molecule has 0 aromatic heterocycles. The fourth-order valence-corrected chi connectivity index (χ4v) is 2.00. The SMILES string of the molecule is CC(C)NC(=O)NC(=O)COC(=O)[C@@H](C)Oc1ccc(C(C)(C)C)cc1. The minimum Gasteiger partial charge on any atom is -0.479 e. The lowest BCUT2D eigenvalue weighted by Crippen LogP contribution is -2.44. The first-order valence-corrected chi connectivity index (χ1v) is 8.53. The Morgan fingerprint density at radius 2 is 1.62 bits per heavy atom. The molecule has 2 N–H and O–H groups in total. The van der Waals surface area contributed by atoms with E-state index in [0.717, 1.165) is 5.56 Å². The van der Waals surface area contributed by atoms with Crippen LogP contribution in [0.2, 0.25) is 0 Å². The monoisotopic (exact) mass is 364 g/mol. The van der Waals surface area contributed by atoms with E-state index in [4.69, 9.17) is 9.47 Å². The molecule has 0 saturated carbocycles. The Morgan fingerprint density at radius 1 is 1.04 bits per heavy atom. The van der Waals surface area contributed by atoms with Crippen LogP contribution in [0.4, 0.5) is 4.79 Å². The zero-order valence-electron chi connectivity index (χ0n) is 16.2. The largest absolute Gasteiger partial charge is 0.479 e. The maximum absolute atomic E-state index is 11.9. The van der Waals surface area contributed by atoms with Gasteiger partial charge in [-0.3, -0.25) is 10.1 Å². The quantitative estimate of drug-likeness (QED) is 0.757. The molecule has 0 spiro atoms. The molecular formula is C19H28N2O5. The molecule has 1 aromatic carbocycles. The normalized spacial score (nSPS) is 12.3. The first-order valence-electron chi connectivity index (χ1n) is 8.53. The van der Waals surface area contributed by atoms with Crippen molar-refractivity contribution < 1.29 is 23.9 Å². The number of hydrogen-bond acceptors (Lipinski definition) is 5. The van der Waals surface area contributed by atoms with Gasteiger partial charge >= 0.3 is 12.0 Å². The Hall–Kier alpha value is -2.57. The van der Waals surface area contributed by atoms with Crippen LogP contribution in [0.1, 0.15) is 47.1 Å². The number of esters is 1. The Kier molecular flexibility index (Phi) is 7.61. The summed E-state index contributed by atoms with van der Waals surface area (Å²) in [5.41, 5.74) is 1.18. The molecule has 0 aliphatic carbocycles. The molecule has 0 bridgehead atoms. The average molecular weight is 364 g/mol. The Bertz CT molecular complexity index is 632. The van der Waals surface area contributed by atoms with E-state index in [2.05, 4.69) is 31.4 Å². The number of ether oxygens (including phenoxy) is 2. The number of carbonyl (C=O) groups excluding carboxylic acids is 3. The van der Waals surface area contributed by atoms with Crippen LogP contribution in [0.15, 0.2) is 24.3 Å². The molecule has 144 valence electrons. The van der Waals surface area contributed by atoms with Crippen molar-refractivity contribution in [2.45, 2.75) is 59.1 Å². The second kappa shape index (κ2) is 9.22. The molecule has 7 heteroatoms. The van der Waals surface area contributed by atoms with Crippen LogP contribution in [0, 0.1) is 0 Å². The summed E-state index contributed by atoms with van der Waals surface area (Å²) in [5.74, 6) is -0.870. The number of rotatable bonds is 6. The van der Waals surface area contributed by atoms with Crippen molar-refractivity contribution >= 4 is 17.9 Å². The summed E-state index contributed by atoms with van der Waals surface area (Å²) in [4.78, 5) is 34.8. The maximum Gasteiger partial charge on any atom is 0.347 e. The minimum atomic E-state index is -0.882. The van der Waals surface area contributed by atoms with E-state index >= 15 is 0 Å². The zero-order valence-corrected chi connectivity index (χ0v) is 16.2. The van der Waals surface area contributed by atoms with Gasteiger partial charge in [0.1, 0.15) is 5.75 Å². The van der Waals surface area contributed by atoms with Crippen LogP contribution in [-0.2, 0) is 19.7 Å². The van der Waals surface area contributed by atoms with Gasteiger partial charge in [-0.1, -0.05) is 32.9 Å². The molecule has 0 aliphatic heterocycles. The van der Waals surface area contributed by atoms with Gasteiger partial charge in [-0.15, -0.1) is 0 Å². The lowest BCUT2D eigenvalue weighted by molar-refractivity contribution is -0.154. The third-order valence-corrected chi connectivity index (χ3v) is 3.38. The fourth-order valence-electron chi connectivity index (χ4n) is 2.00. The van der Waals surface area contributed by atoms with Crippen molar-refractivity contribution in [2.24, 2.45) is 0 Å². The third-order valence-electron chi connectivity index (χ3n) is 3.38. The molecule has 26 heavy (non-hydrogen) atoms. The van der Waals surface area contributed by atoms with Gasteiger partial charge in [0.2, 0.25) is 0 Å². The number of benzene rings is 1. The van der Waals surface area contributed by atoms with Gasteiger partial charge in [-0.2, -0.15) is 0 Å². The van der Waals surface area contributed by atoms with Crippen LogP contribution in [-0.4, -0.2) is 36.7 Å². The van der Waals surface area contributed by atoms with E-state index in [1.165, 1.54) is 6.92 Å². The van der Waals surface area contributed by atoms with Gasteiger partial charge in [-0.05, 0) is 43.9 Å². The fraction of sp³-hybridized carbons (Fsp3) is 0.526. The van der Waals surface area contributed by atoms with E-state index in [0.29, 0.717) is 5.75 Å². The number of imide groups is 1. The molecule has 0 heterocycles. The summed E-state index contributed by atoms with van der Waals surface area (Å²) in [6.07, 6.45) is -0.882. The van der Waals surface area contributed by atoms with E-state index in [9.17, 15) is 14.4 Å². The predicted molar refractivity (Wildman–Crippen MR) is 98.0 cm³/mol.